The van der Waals surface area contributed by atoms with Crippen LogP contribution in [0.15, 0.2) is 36.4 Å². The van der Waals surface area contributed by atoms with Crippen LogP contribution >= 0.6 is 23.4 Å². The highest BCUT2D eigenvalue weighted by molar-refractivity contribution is 8.13. The molecular weight excluding hydrogens is 318 g/mol. The van der Waals surface area contributed by atoms with Crippen LogP contribution < -0.4 is 10.1 Å². The van der Waals surface area contributed by atoms with Crippen LogP contribution in [0.1, 0.15) is 16.7 Å². The second kappa shape index (κ2) is 7.56. The fraction of sp³-hybridized carbons (Fsp3) is 0.235. The van der Waals surface area contributed by atoms with Gasteiger partial charge in [-0.2, -0.15) is 0 Å². The highest BCUT2D eigenvalue weighted by atomic mass is 35.5. The molecule has 0 bridgehead atoms. The van der Waals surface area contributed by atoms with Gasteiger partial charge in [0.1, 0.15) is 12.4 Å². The molecule has 0 spiro atoms. The molecule has 0 fully saturated rings. The largest absolute Gasteiger partial charge is 0.489 e. The van der Waals surface area contributed by atoms with Crippen LogP contribution in [0.5, 0.6) is 5.75 Å². The van der Waals surface area contributed by atoms with E-state index in [0.29, 0.717) is 17.3 Å². The standard InChI is InChI=1S/C17H18ClNO2S/c1-11-4-7-16(12(2)8-11)21-10-13-5-6-14(18)9-15(13)19-17(20)22-3/h4-9H,10H2,1-3H3,(H,19,20). The summed E-state index contributed by atoms with van der Waals surface area (Å²) >= 11 is 7.12. The second-order valence-corrected chi connectivity index (χ2v) is 6.19. The van der Waals surface area contributed by atoms with Crippen LogP contribution in [0.25, 0.3) is 0 Å². The number of ether oxygens (including phenoxy) is 1. The van der Waals surface area contributed by atoms with Crippen molar-refractivity contribution in [1.29, 1.82) is 0 Å². The van der Waals surface area contributed by atoms with Crippen molar-refractivity contribution in [3.8, 4) is 5.75 Å². The summed E-state index contributed by atoms with van der Waals surface area (Å²) in [4.78, 5) is 11.6. The third-order valence-electron chi connectivity index (χ3n) is 3.21. The maximum Gasteiger partial charge on any atom is 0.283 e. The molecule has 0 unspecified atom stereocenters. The Labute approximate surface area is 140 Å². The van der Waals surface area contributed by atoms with E-state index in [1.165, 1.54) is 5.56 Å². The van der Waals surface area contributed by atoms with Crippen LogP contribution in [-0.4, -0.2) is 11.5 Å². The Hall–Kier alpha value is -1.65. The lowest BCUT2D eigenvalue weighted by molar-refractivity contribution is 0.269. The molecule has 5 heteroatoms. The molecule has 0 saturated heterocycles. The summed E-state index contributed by atoms with van der Waals surface area (Å²) in [5, 5.41) is 3.27. The number of carbonyl (C=O) groups excluding carboxylic acids is 1. The van der Waals surface area contributed by atoms with Crippen molar-refractivity contribution in [2.45, 2.75) is 20.5 Å². The number of hydrogen-bond donors (Lipinski definition) is 1. The predicted molar refractivity (Wildman–Crippen MR) is 94.2 cm³/mol. The first-order valence-corrected chi connectivity index (χ1v) is 8.43. The van der Waals surface area contributed by atoms with Crippen LogP contribution in [0.4, 0.5) is 10.5 Å². The highest BCUT2D eigenvalue weighted by Crippen LogP contribution is 2.25. The van der Waals surface area contributed by atoms with E-state index in [-0.39, 0.29) is 5.24 Å². The van der Waals surface area contributed by atoms with Gasteiger partial charge in [-0.25, -0.2) is 0 Å². The van der Waals surface area contributed by atoms with E-state index in [1.807, 2.05) is 32.0 Å². The summed E-state index contributed by atoms with van der Waals surface area (Å²) in [6.07, 6.45) is 1.73. The van der Waals surface area contributed by atoms with Gasteiger partial charge in [0.2, 0.25) is 0 Å². The number of anilines is 1. The first-order valence-electron chi connectivity index (χ1n) is 6.83. The zero-order chi connectivity index (χ0) is 16.1. The Morgan fingerprint density at radius 2 is 2.00 bits per heavy atom. The molecule has 2 aromatic rings. The van der Waals surface area contributed by atoms with Gasteiger partial charge in [0.15, 0.2) is 0 Å². The van der Waals surface area contributed by atoms with E-state index >= 15 is 0 Å². The molecule has 1 N–H and O–H groups in total. The van der Waals surface area contributed by atoms with Gasteiger partial charge in [0.25, 0.3) is 5.24 Å². The Morgan fingerprint density at radius 3 is 2.68 bits per heavy atom. The quantitative estimate of drug-likeness (QED) is 0.809. The average molecular weight is 336 g/mol. The highest BCUT2D eigenvalue weighted by Gasteiger charge is 2.09. The molecule has 2 aromatic carbocycles. The van der Waals surface area contributed by atoms with E-state index in [4.69, 9.17) is 16.3 Å². The Bertz CT molecular complexity index is 688. The average Bonchev–Trinajstić information content (AvgIpc) is 2.48. The van der Waals surface area contributed by atoms with Crippen molar-refractivity contribution in [2.24, 2.45) is 0 Å². The number of amides is 1. The minimum atomic E-state index is -0.130. The molecule has 0 aliphatic heterocycles. The first-order chi connectivity index (χ1) is 10.5. The zero-order valence-electron chi connectivity index (χ0n) is 12.8. The van der Waals surface area contributed by atoms with E-state index in [9.17, 15) is 4.79 Å². The number of aryl methyl sites for hydroxylation is 2. The number of hydrogen-bond acceptors (Lipinski definition) is 3. The predicted octanol–water partition coefficient (Wildman–Crippen LogP) is 5.43. The molecule has 2 rings (SSSR count). The van der Waals surface area contributed by atoms with Gasteiger partial charge in [0, 0.05) is 16.3 Å². The molecule has 0 aliphatic carbocycles. The van der Waals surface area contributed by atoms with Crippen LogP contribution in [-0.2, 0) is 6.61 Å². The Balaban J connectivity index is 2.16. The molecule has 22 heavy (non-hydrogen) atoms. The van der Waals surface area contributed by atoms with Crippen molar-refractivity contribution < 1.29 is 9.53 Å². The normalized spacial score (nSPS) is 10.4. The molecule has 0 atom stereocenters. The molecule has 116 valence electrons. The van der Waals surface area contributed by atoms with Gasteiger partial charge in [-0.1, -0.05) is 47.1 Å². The van der Waals surface area contributed by atoms with E-state index in [0.717, 1.165) is 28.6 Å². The third-order valence-corrected chi connectivity index (χ3v) is 3.92. The summed E-state index contributed by atoms with van der Waals surface area (Å²) in [6, 6.07) is 11.4. The number of nitrogens with one attached hydrogen (secondary N) is 1. The third kappa shape index (κ3) is 4.42. The van der Waals surface area contributed by atoms with E-state index in [1.54, 1.807) is 18.4 Å². The van der Waals surface area contributed by atoms with Crippen molar-refractivity contribution in [2.75, 3.05) is 11.6 Å². The Kier molecular flexibility index (Phi) is 5.75. The lowest BCUT2D eigenvalue weighted by atomic mass is 10.1. The number of rotatable bonds is 4. The first kappa shape index (κ1) is 16.7. The SMILES string of the molecule is CSC(=O)Nc1cc(Cl)ccc1COc1ccc(C)cc1C. The molecular formula is C17H18ClNO2S. The smallest absolute Gasteiger partial charge is 0.283 e. The molecule has 0 aliphatic rings. The van der Waals surface area contributed by atoms with Gasteiger partial charge < -0.3 is 10.1 Å². The van der Waals surface area contributed by atoms with Crippen LogP contribution in [0, 0.1) is 13.8 Å². The van der Waals surface area contributed by atoms with E-state index < -0.39 is 0 Å². The fourth-order valence-corrected chi connectivity index (χ4v) is 2.45. The van der Waals surface area contributed by atoms with Crippen molar-refractivity contribution in [3.05, 3.63) is 58.1 Å². The molecule has 0 saturated carbocycles. The van der Waals surface area contributed by atoms with Crippen molar-refractivity contribution >= 4 is 34.3 Å². The topological polar surface area (TPSA) is 38.3 Å². The molecule has 1 amide bonds. The summed E-state index contributed by atoms with van der Waals surface area (Å²) < 4.78 is 5.87. The van der Waals surface area contributed by atoms with Gasteiger partial charge >= 0.3 is 0 Å². The van der Waals surface area contributed by atoms with Crippen molar-refractivity contribution in [1.82, 2.24) is 0 Å². The molecule has 0 radical (unpaired) electrons. The minimum Gasteiger partial charge on any atom is -0.489 e. The monoisotopic (exact) mass is 335 g/mol. The van der Waals surface area contributed by atoms with Gasteiger partial charge in [-0.15, -0.1) is 0 Å². The molecule has 0 aromatic heterocycles. The Morgan fingerprint density at radius 1 is 1.23 bits per heavy atom. The fourth-order valence-electron chi connectivity index (χ4n) is 2.07. The summed E-state index contributed by atoms with van der Waals surface area (Å²) in [5.41, 5.74) is 3.84. The summed E-state index contributed by atoms with van der Waals surface area (Å²) in [7, 11) is 0. The second-order valence-electron chi connectivity index (χ2n) is 4.98. The lowest BCUT2D eigenvalue weighted by Gasteiger charge is -2.14. The van der Waals surface area contributed by atoms with Crippen molar-refractivity contribution in [3.63, 3.8) is 0 Å². The zero-order valence-corrected chi connectivity index (χ0v) is 14.3. The van der Waals surface area contributed by atoms with Gasteiger partial charge in [-0.3, -0.25) is 4.79 Å². The number of carbonyl (C=O) groups is 1. The summed E-state index contributed by atoms with van der Waals surface area (Å²) in [5.74, 6) is 0.836. The maximum atomic E-state index is 11.6. The van der Waals surface area contributed by atoms with E-state index in [2.05, 4.69) is 11.4 Å². The minimum absolute atomic E-state index is 0.130. The molecule has 3 nitrogen and oxygen atoms in total. The summed E-state index contributed by atoms with van der Waals surface area (Å²) in [6.45, 7) is 4.43. The lowest BCUT2D eigenvalue weighted by Crippen LogP contribution is -2.08. The number of benzene rings is 2. The van der Waals surface area contributed by atoms with Crippen LogP contribution in [0.2, 0.25) is 5.02 Å². The van der Waals surface area contributed by atoms with Gasteiger partial charge in [-0.05, 0) is 43.9 Å². The van der Waals surface area contributed by atoms with Gasteiger partial charge in [0.05, 0.1) is 0 Å². The maximum absolute atomic E-state index is 11.6. The number of halogens is 1. The van der Waals surface area contributed by atoms with Crippen LogP contribution in [0.3, 0.4) is 0 Å². The molecule has 0 heterocycles. The number of thioether (sulfide) groups is 1.